The highest BCUT2D eigenvalue weighted by Gasteiger charge is 1.96. The Balaban J connectivity index is 2.61. The summed E-state index contributed by atoms with van der Waals surface area (Å²) in [6.45, 7) is 2.47. The van der Waals surface area contributed by atoms with E-state index in [0.717, 1.165) is 11.3 Å². The maximum absolute atomic E-state index is 12.2. The third-order valence-corrected chi connectivity index (χ3v) is 1.62. The van der Waals surface area contributed by atoms with Crippen LogP contribution in [-0.4, -0.2) is 6.61 Å². The minimum atomic E-state index is -0.196. The third-order valence-electron chi connectivity index (χ3n) is 0.835. The van der Waals surface area contributed by atoms with Crippen molar-refractivity contribution in [1.29, 1.82) is 0 Å². The first-order valence-electron chi connectivity index (χ1n) is 2.71. The molecule has 0 fully saturated rings. The van der Waals surface area contributed by atoms with Crippen molar-refractivity contribution in [3.8, 4) is 5.06 Å². The number of hydrogen-bond donors (Lipinski definition) is 0. The Morgan fingerprint density at radius 3 is 2.89 bits per heavy atom. The molecule has 0 spiro atoms. The second-order valence-electron chi connectivity index (χ2n) is 1.49. The van der Waals surface area contributed by atoms with Crippen molar-refractivity contribution in [2.24, 2.45) is 0 Å². The maximum atomic E-state index is 12.2. The van der Waals surface area contributed by atoms with E-state index in [1.54, 1.807) is 6.07 Å². The quantitative estimate of drug-likeness (QED) is 0.622. The number of halogens is 1. The fraction of sp³-hybridized carbons (Fsp3) is 0.333. The molecule has 0 saturated heterocycles. The Kier molecular flexibility index (Phi) is 2.05. The highest BCUT2D eigenvalue weighted by atomic mass is 32.1. The summed E-state index contributed by atoms with van der Waals surface area (Å²) in [6, 6.07) is 3.03. The second-order valence-corrected chi connectivity index (χ2v) is 2.49. The number of rotatable bonds is 2. The molecule has 1 rings (SSSR count). The van der Waals surface area contributed by atoms with E-state index >= 15 is 0 Å². The molecular formula is C6H7FOS. The van der Waals surface area contributed by atoms with E-state index in [1.807, 2.05) is 6.92 Å². The fourth-order valence-corrected chi connectivity index (χ4v) is 1.16. The molecule has 0 saturated carbocycles. The highest BCUT2D eigenvalue weighted by molar-refractivity contribution is 7.12. The summed E-state index contributed by atoms with van der Waals surface area (Å²) < 4.78 is 17.2. The van der Waals surface area contributed by atoms with E-state index in [9.17, 15) is 4.39 Å². The lowest BCUT2D eigenvalue weighted by atomic mass is 10.6. The van der Waals surface area contributed by atoms with Crippen LogP contribution in [0.1, 0.15) is 6.92 Å². The Hall–Kier alpha value is -0.570. The average molecular weight is 146 g/mol. The molecule has 1 nitrogen and oxygen atoms in total. The van der Waals surface area contributed by atoms with Gasteiger partial charge in [-0.15, -0.1) is 0 Å². The molecule has 0 radical (unpaired) electrons. The van der Waals surface area contributed by atoms with E-state index in [1.165, 1.54) is 6.07 Å². The molecule has 3 heteroatoms. The average Bonchev–Trinajstić information content (AvgIpc) is 2.17. The van der Waals surface area contributed by atoms with E-state index in [-0.39, 0.29) is 5.13 Å². The van der Waals surface area contributed by atoms with Gasteiger partial charge in [-0.25, -0.2) is 0 Å². The van der Waals surface area contributed by atoms with Crippen molar-refractivity contribution < 1.29 is 9.13 Å². The van der Waals surface area contributed by atoms with E-state index < -0.39 is 0 Å². The summed E-state index contributed by atoms with van der Waals surface area (Å²) in [6.07, 6.45) is 0. The van der Waals surface area contributed by atoms with Gasteiger partial charge in [0.1, 0.15) is 0 Å². The molecule has 50 valence electrons. The summed E-state index contributed by atoms with van der Waals surface area (Å²) >= 11 is 1.02. The molecule has 9 heavy (non-hydrogen) atoms. The van der Waals surface area contributed by atoms with Crippen LogP contribution in [0, 0.1) is 5.13 Å². The van der Waals surface area contributed by atoms with Gasteiger partial charge in [0.2, 0.25) is 0 Å². The van der Waals surface area contributed by atoms with Crippen molar-refractivity contribution >= 4 is 11.3 Å². The van der Waals surface area contributed by atoms with Crippen molar-refractivity contribution in [2.45, 2.75) is 6.92 Å². The molecule has 1 aromatic rings. The van der Waals surface area contributed by atoms with Gasteiger partial charge in [-0.1, -0.05) is 11.3 Å². The Labute approximate surface area is 57.1 Å². The summed E-state index contributed by atoms with van der Waals surface area (Å²) in [5, 5.41) is 0.452. The van der Waals surface area contributed by atoms with Gasteiger partial charge in [0.25, 0.3) is 0 Å². The molecule has 0 aromatic carbocycles. The number of ether oxygens (including phenoxy) is 1. The van der Waals surface area contributed by atoms with Crippen LogP contribution in [0.2, 0.25) is 0 Å². The van der Waals surface area contributed by atoms with Gasteiger partial charge < -0.3 is 4.74 Å². The SMILES string of the molecule is CCOc1ccc(F)s1. The van der Waals surface area contributed by atoms with Crippen LogP contribution in [0.5, 0.6) is 5.06 Å². The number of thiophene rings is 1. The Bertz CT molecular complexity index is 185. The van der Waals surface area contributed by atoms with E-state index in [0.29, 0.717) is 11.7 Å². The Morgan fingerprint density at radius 1 is 1.67 bits per heavy atom. The molecule has 0 amide bonds. The molecule has 0 aliphatic heterocycles. The monoisotopic (exact) mass is 146 g/mol. The van der Waals surface area contributed by atoms with E-state index in [4.69, 9.17) is 4.74 Å². The molecule has 0 bridgehead atoms. The Morgan fingerprint density at radius 2 is 2.44 bits per heavy atom. The fourth-order valence-electron chi connectivity index (χ4n) is 0.518. The van der Waals surface area contributed by atoms with Gasteiger partial charge in [-0.05, 0) is 19.1 Å². The molecule has 0 N–H and O–H groups in total. The first-order valence-corrected chi connectivity index (χ1v) is 3.52. The molecule has 1 aromatic heterocycles. The van der Waals surface area contributed by atoms with Crippen LogP contribution in [0.15, 0.2) is 12.1 Å². The molecule has 0 aliphatic rings. The first-order chi connectivity index (χ1) is 4.33. The number of hydrogen-bond acceptors (Lipinski definition) is 2. The molecule has 0 unspecified atom stereocenters. The van der Waals surface area contributed by atoms with Crippen LogP contribution < -0.4 is 4.74 Å². The zero-order valence-electron chi connectivity index (χ0n) is 5.06. The van der Waals surface area contributed by atoms with Gasteiger partial charge in [0.05, 0.1) is 6.61 Å². The minimum Gasteiger partial charge on any atom is -0.484 e. The zero-order chi connectivity index (χ0) is 6.69. The van der Waals surface area contributed by atoms with Crippen LogP contribution in [-0.2, 0) is 0 Å². The normalized spacial score (nSPS) is 9.56. The van der Waals surface area contributed by atoms with Gasteiger partial charge in [0, 0.05) is 0 Å². The summed E-state index contributed by atoms with van der Waals surface area (Å²) in [4.78, 5) is 0. The van der Waals surface area contributed by atoms with Crippen LogP contribution >= 0.6 is 11.3 Å². The summed E-state index contributed by atoms with van der Waals surface area (Å²) in [7, 11) is 0. The lowest BCUT2D eigenvalue weighted by Crippen LogP contribution is -1.86. The minimum absolute atomic E-state index is 0.196. The zero-order valence-corrected chi connectivity index (χ0v) is 5.87. The lowest BCUT2D eigenvalue weighted by Gasteiger charge is -1.93. The highest BCUT2D eigenvalue weighted by Crippen LogP contribution is 2.22. The van der Waals surface area contributed by atoms with Gasteiger partial charge in [-0.2, -0.15) is 4.39 Å². The maximum Gasteiger partial charge on any atom is 0.179 e. The summed E-state index contributed by atoms with van der Waals surface area (Å²) in [5.74, 6) is 0. The standard InChI is InChI=1S/C6H7FOS/c1-2-8-6-4-3-5(7)9-6/h3-4H,2H2,1H3. The van der Waals surface area contributed by atoms with Gasteiger partial charge in [-0.3, -0.25) is 0 Å². The van der Waals surface area contributed by atoms with Crippen molar-refractivity contribution in [3.05, 3.63) is 17.3 Å². The molecule has 0 atom stereocenters. The second kappa shape index (κ2) is 2.82. The van der Waals surface area contributed by atoms with Crippen LogP contribution in [0.25, 0.3) is 0 Å². The lowest BCUT2D eigenvalue weighted by molar-refractivity contribution is 0.350. The predicted octanol–water partition coefficient (Wildman–Crippen LogP) is 2.29. The molecule has 0 aliphatic carbocycles. The van der Waals surface area contributed by atoms with Crippen LogP contribution in [0.3, 0.4) is 0 Å². The molecule has 1 heterocycles. The molecular weight excluding hydrogens is 139 g/mol. The van der Waals surface area contributed by atoms with Crippen molar-refractivity contribution in [3.63, 3.8) is 0 Å². The van der Waals surface area contributed by atoms with Crippen molar-refractivity contribution in [1.82, 2.24) is 0 Å². The largest absolute Gasteiger partial charge is 0.484 e. The van der Waals surface area contributed by atoms with E-state index in [2.05, 4.69) is 0 Å². The topological polar surface area (TPSA) is 9.23 Å². The van der Waals surface area contributed by atoms with Crippen molar-refractivity contribution in [2.75, 3.05) is 6.61 Å². The smallest absolute Gasteiger partial charge is 0.179 e. The first kappa shape index (κ1) is 6.55. The third kappa shape index (κ3) is 1.68. The predicted molar refractivity (Wildman–Crippen MR) is 35.4 cm³/mol. The summed E-state index contributed by atoms with van der Waals surface area (Å²) in [5.41, 5.74) is 0. The van der Waals surface area contributed by atoms with Crippen LogP contribution in [0.4, 0.5) is 4.39 Å². The van der Waals surface area contributed by atoms with Gasteiger partial charge >= 0.3 is 0 Å². The van der Waals surface area contributed by atoms with Gasteiger partial charge in [0.15, 0.2) is 10.2 Å².